The fourth-order valence-electron chi connectivity index (χ4n) is 3.66. The fraction of sp³-hybridized carbons (Fsp3) is 0.0435. The number of carbonyl (C=O) groups excluding carboxylic acids is 1. The number of nitrogens with one attached hydrogen (secondary N) is 2. The van der Waals surface area contributed by atoms with Gasteiger partial charge < -0.3 is 20.8 Å². The summed E-state index contributed by atoms with van der Waals surface area (Å²) in [5.41, 5.74) is 7.23. The number of fused-ring (bicyclic) bond motifs is 1. The van der Waals surface area contributed by atoms with Gasteiger partial charge in [-0.25, -0.2) is 23.7 Å². The molecule has 0 bridgehead atoms. The van der Waals surface area contributed by atoms with E-state index in [0.717, 1.165) is 0 Å². The van der Waals surface area contributed by atoms with Gasteiger partial charge in [0, 0.05) is 23.0 Å². The van der Waals surface area contributed by atoms with Crippen molar-refractivity contribution in [2.24, 2.45) is 0 Å². The van der Waals surface area contributed by atoms with Crippen LogP contribution in [0.15, 0.2) is 72.0 Å². The maximum absolute atomic E-state index is 13.9. The highest BCUT2D eigenvalue weighted by molar-refractivity contribution is 6.01. The number of nitrogens with two attached hydrogens (primary N) is 1. The largest absolute Gasteiger partial charge is 0.443 e. The van der Waals surface area contributed by atoms with Crippen LogP contribution in [0.3, 0.4) is 0 Å². The van der Waals surface area contributed by atoms with Gasteiger partial charge in [-0.15, -0.1) is 0 Å². The Bertz CT molecular complexity index is 1560. The van der Waals surface area contributed by atoms with E-state index in [9.17, 15) is 22.4 Å². The first-order valence-corrected chi connectivity index (χ1v) is 10.3. The lowest BCUT2D eigenvalue weighted by Crippen LogP contribution is -2.20. The molecule has 0 aliphatic rings. The summed E-state index contributed by atoms with van der Waals surface area (Å²) in [5.74, 6) is -0.302. The Hall–Kier alpha value is -4.94. The van der Waals surface area contributed by atoms with Crippen molar-refractivity contribution in [1.29, 1.82) is 0 Å². The molecule has 5 aromatic rings. The standard InChI is InChI=1S/C23H15F4N7O2/c24-16-6-3-13(23(25,26)27)7-17(16)33-22(35)32-14-4-1-12(2-5-14)19-15(18-8-29-11-36-18)9-34-20(19)21(28)30-10-31-34/h1-11H,(H2,28,30,31)(H2,32,33,35). The predicted octanol–water partition coefficient (Wildman–Crippen LogP) is 5.44. The number of hydrogen-bond donors (Lipinski definition) is 3. The van der Waals surface area contributed by atoms with Crippen molar-refractivity contribution in [3.8, 4) is 22.5 Å². The fourth-order valence-corrected chi connectivity index (χ4v) is 3.66. The molecular formula is C23H15F4N7O2. The summed E-state index contributed by atoms with van der Waals surface area (Å²) in [5, 5.41) is 8.73. The molecule has 9 nitrogen and oxygen atoms in total. The highest BCUT2D eigenvalue weighted by atomic mass is 19.4. The highest BCUT2D eigenvalue weighted by Gasteiger charge is 2.31. The van der Waals surface area contributed by atoms with Crippen molar-refractivity contribution in [2.75, 3.05) is 16.4 Å². The van der Waals surface area contributed by atoms with E-state index in [1.165, 1.54) is 18.9 Å². The van der Waals surface area contributed by atoms with Gasteiger partial charge in [-0.1, -0.05) is 12.1 Å². The molecule has 0 aliphatic heterocycles. The van der Waals surface area contributed by atoms with E-state index >= 15 is 0 Å². The van der Waals surface area contributed by atoms with Crippen LogP contribution in [0.5, 0.6) is 0 Å². The molecule has 3 heterocycles. The van der Waals surface area contributed by atoms with Gasteiger partial charge in [0.2, 0.25) is 0 Å². The van der Waals surface area contributed by atoms with E-state index in [-0.39, 0.29) is 5.82 Å². The third-order valence-electron chi connectivity index (χ3n) is 5.27. The number of alkyl halides is 3. The van der Waals surface area contributed by atoms with Crippen molar-refractivity contribution >= 4 is 28.7 Å². The van der Waals surface area contributed by atoms with E-state index in [0.29, 0.717) is 51.9 Å². The number of rotatable bonds is 4. The first kappa shape index (κ1) is 22.8. The van der Waals surface area contributed by atoms with E-state index < -0.39 is 29.3 Å². The topological polar surface area (TPSA) is 123 Å². The zero-order valence-electron chi connectivity index (χ0n) is 18.0. The third kappa shape index (κ3) is 4.29. The lowest BCUT2D eigenvalue weighted by atomic mass is 10.0. The zero-order valence-corrected chi connectivity index (χ0v) is 18.0. The summed E-state index contributed by atoms with van der Waals surface area (Å²) in [6, 6.07) is 7.31. The molecule has 36 heavy (non-hydrogen) atoms. The molecule has 2 aromatic carbocycles. The van der Waals surface area contributed by atoms with Gasteiger partial charge in [0.25, 0.3) is 0 Å². The minimum absolute atomic E-state index is 0.232. The Labute approximate surface area is 199 Å². The van der Waals surface area contributed by atoms with Crippen LogP contribution in [0.25, 0.3) is 28.0 Å². The maximum Gasteiger partial charge on any atom is 0.416 e. The van der Waals surface area contributed by atoms with Crippen LogP contribution < -0.4 is 16.4 Å². The number of hydrogen-bond acceptors (Lipinski definition) is 6. The molecule has 182 valence electrons. The number of amides is 2. The molecule has 3 aromatic heterocycles. The van der Waals surface area contributed by atoms with E-state index in [1.807, 2.05) is 0 Å². The number of aromatic nitrogens is 4. The summed E-state index contributed by atoms with van der Waals surface area (Å²) < 4.78 is 59.6. The number of oxazole rings is 1. The molecule has 0 fully saturated rings. The normalized spacial score (nSPS) is 11.6. The van der Waals surface area contributed by atoms with Gasteiger partial charge >= 0.3 is 12.2 Å². The van der Waals surface area contributed by atoms with E-state index in [2.05, 4.69) is 25.7 Å². The molecule has 0 saturated heterocycles. The van der Waals surface area contributed by atoms with Crippen LogP contribution in [0.2, 0.25) is 0 Å². The number of nitrogens with zero attached hydrogens (tertiary/aromatic N) is 4. The second-order valence-corrected chi connectivity index (χ2v) is 7.57. The van der Waals surface area contributed by atoms with Gasteiger partial charge in [0.1, 0.15) is 17.7 Å². The highest BCUT2D eigenvalue weighted by Crippen LogP contribution is 2.38. The van der Waals surface area contributed by atoms with Crippen LogP contribution in [-0.2, 0) is 6.18 Å². The smallest absolute Gasteiger partial charge is 0.416 e. The van der Waals surface area contributed by atoms with Gasteiger partial charge in [-0.05, 0) is 35.9 Å². The van der Waals surface area contributed by atoms with Gasteiger partial charge in [0.15, 0.2) is 18.0 Å². The lowest BCUT2D eigenvalue weighted by Gasteiger charge is -2.12. The molecule has 0 saturated carbocycles. The average Bonchev–Trinajstić information content (AvgIpc) is 3.49. The summed E-state index contributed by atoms with van der Waals surface area (Å²) in [7, 11) is 0. The molecule has 5 rings (SSSR count). The molecule has 0 spiro atoms. The quantitative estimate of drug-likeness (QED) is 0.284. The van der Waals surface area contributed by atoms with Crippen LogP contribution in [-0.4, -0.2) is 25.6 Å². The lowest BCUT2D eigenvalue weighted by molar-refractivity contribution is -0.137. The van der Waals surface area contributed by atoms with Crippen LogP contribution in [0.4, 0.5) is 39.5 Å². The summed E-state index contributed by atoms with van der Waals surface area (Å²) >= 11 is 0. The number of nitrogen functional groups attached to an aromatic ring is 1. The Balaban J connectivity index is 1.41. The first-order valence-electron chi connectivity index (χ1n) is 10.3. The number of benzene rings is 2. The van der Waals surface area contributed by atoms with Crippen molar-refractivity contribution < 1.29 is 26.8 Å². The molecule has 4 N–H and O–H groups in total. The van der Waals surface area contributed by atoms with Crippen molar-refractivity contribution in [3.63, 3.8) is 0 Å². The zero-order chi connectivity index (χ0) is 25.4. The summed E-state index contributed by atoms with van der Waals surface area (Å²) in [4.78, 5) is 20.3. The Morgan fingerprint density at radius 3 is 2.56 bits per heavy atom. The monoisotopic (exact) mass is 497 g/mol. The third-order valence-corrected chi connectivity index (χ3v) is 5.27. The average molecular weight is 497 g/mol. The molecule has 2 amide bonds. The summed E-state index contributed by atoms with van der Waals surface area (Å²) in [6.07, 6.45) is 1.17. The minimum Gasteiger partial charge on any atom is -0.443 e. The number of urea groups is 1. The second kappa shape index (κ2) is 8.69. The number of carbonyl (C=O) groups is 1. The maximum atomic E-state index is 13.9. The number of anilines is 3. The first-order chi connectivity index (χ1) is 17.2. The Morgan fingerprint density at radius 2 is 1.86 bits per heavy atom. The molecule has 0 radical (unpaired) electrons. The Kier molecular flexibility index (Phi) is 5.51. The molecule has 0 atom stereocenters. The number of halogens is 4. The SMILES string of the molecule is Nc1ncnn2cc(-c3cnco3)c(-c3ccc(NC(=O)Nc4cc(C(F)(F)F)ccc4F)cc3)c12. The molecule has 13 heteroatoms. The molecular weight excluding hydrogens is 482 g/mol. The van der Waals surface area contributed by atoms with Crippen molar-refractivity contribution in [2.45, 2.75) is 6.18 Å². The van der Waals surface area contributed by atoms with Gasteiger partial charge in [0.05, 0.1) is 17.4 Å². The van der Waals surface area contributed by atoms with E-state index in [1.54, 1.807) is 35.0 Å². The van der Waals surface area contributed by atoms with E-state index in [4.69, 9.17) is 10.2 Å². The second-order valence-electron chi connectivity index (χ2n) is 7.57. The van der Waals surface area contributed by atoms with Crippen LogP contribution in [0, 0.1) is 5.82 Å². The Morgan fingerprint density at radius 1 is 1.08 bits per heavy atom. The van der Waals surface area contributed by atoms with Crippen LogP contribution >= 0.6 is 0 Å². The predicted molar refractivity (Wildman–Crippen MR) is 122 cm³/mol. The molecule has 0 unspecified atom stereocenters. The van der Waals surface area contributed by atoms with Gasteiger partial charge in [-0.3, -0.25) is 0 Å². The van der Waals surface area contributed by atoms with Crippen molar-refractivity contribution in [3.05, 3.63) is 79.0 Å². The van der Waals surface area contributed by atoms with Crippen LogP contribution in [0.1, 0.15) is 5.56 Å². The summed E-state index contributed by atoms with van der Waals surface area (Å²) in [6.45, 7) is 0. The minimum atomic E-state index is -4.68. The van der Waals surface area contributed by atoms with Crippen molar-refractivity contribution in [1.82, 2.24) is 19.6 Å². The van der Waals surface area contributed by atoms with Gasteiger partial charge in [-0.2, -0.15) is 18.3 Å². The molecule has 0 aliphatic carbocycles.